The van der Waals surface area contributed by atoms with Crippen molar-refractivity contribution in [3.8, 4) is 5.69 Å². The first kappa shape index (κ1) is 20.0. The van der Waals surface area contributed by atoms with E-state index in [1.807, 2.05) is 53.8 Å². The Hall–Kier alpha value is -3.98. The minimum atomic E-state index is -0.387. The van der Waals surface area contributed by atoms with E-state index in [1.54, 1.807) is 28.8 Å². The summed E-state index contributed by atoms with van der Waals surface area (Å²) in [6.07, 6.45) is 0. The maximum atomic E-state index is 13.3. The van der Waals surface area contributed by atoms with E-state index >= 15 is 0 Å². The smallest absolute Gasteiger partial charge is 0.268 e. The number of nitro groups is 1. The summed E-state index contributed by atoms with van der Waals surface area (Å²) in [4.78, 5) is 24.3. The van der Waals surface area contributed by atoms with Crippen molar-refractivity contribution in [2.24, 2.45) is 0 Å². The number of nitrogens with zero attached hydrogens (tertiary/aromatic N) is 5. The summed E-state index contributed by atoms with van der Waals surface area (Å²) in [5.41, 5.74) is 2.94. The summed E-state index contributed by atoms with van der Waals surface area (Å²) in [7, 11) is 0. The molecule has 5 rings (SSSR count). The Morgan fingerprint density at radius 2 is 1.69 bits per heavy atom. The summed E-state index contributed by atoms with van der Waals surface area (Å²) < 4.78 is 3.37. The number of rotatable bonds is 5. The second-order valence-corrected chi connectivity index (χ2v) is 8.23. The molecule has 5 aromatic rings. The molecular formula is C23H17N5O3S. The van der Waals surface area contributed by atoms with Crippen molar-refractivity contribution < 1.29 is 4.92 Å². The lowest BCUT2D eigenvalue weighted by Crippen LogP contribution is -2.21. The highest BCUT2D eigenvalue weighted by Gasteiger charge is 2.19. The normalized spacial score (nSPS) is 11.3. The van der Waals surface area contributed by atoms with E-state index in [4.69, 9.17) is 0 Å². The maximum Gasteiger partial charge on any atom is 0.273 e. The Morgan fingerprint density at radius 3 is 2.47 bits per heavy atom. The lowest BCUT2D eigenvalue weighted by molar-refractivity contribution is -0.385. The monoisotopic (exact) mass is 443 g/mol. The molecule has 2 heterocycles. The molecule has 158 valence electrons. The first-order valence-electron chi connectivity index (χ1n) is 9.85. The topological polar surface area (TPSA) is 95.3 Å². The highest BCUT2D eigenvalue weighted by atomic mass is 32.2. The third kappa shape index (κ3) is 3.32. The summed E-state index contributed by atoms with van der Waals surface area (Å²) in [5.74, 6) is 0.734. The molecular weight excluding hydrogens is 426 g/mol. The number of aromatic nitrogens is 4. The molecule has 0 bridgehead atoms. The minimum absolute atomic E-state index is 0.0650. The van der Waals surface area contributed by atoms with Crippen LogP contribution in [0, 0.1) is 17.0 Å². The fourth-order valence-electron chi connectivity index (χ4n) is 3.65. The lowest BCUT2D eigenvalue weighted by Gasteiger charge is -2.11. The van der Waals surface area contributed by atoms with Crippen LogP contribution in [0.2, 0.25) is 0 Å². The molecule has 0 N–H and O–H groups in total. The van der Waals surface area contributed by atoms with Crippen LogP contribution >= 0.6 is 11.8 Å². The average molecular weight is 443 g/mol. The first-order valence-corrected chi connectivity index (χ1v) is 10.8. The number of thioether (sulfide) groups is 1. The molecule has 2 aromatic heterocycles. The quantitative estimate of drug-likeness (QED) is 0.225. The van der Waals surface area contributed by atoms with Crippen molar-refractivity contribution in [3.05, 3.63) is 104 Å². The highest BCUT2D eigenvalue weighted by Crippen LogP contribution is 2.29. The standard InChI is InChI=1S/C23H17N5O3S/c1-15-10-12-17(13-11-15)26-21(29)18-7-3-5-9-20(18)27-22(26)24-25-23(27)32-14-16-6-2-4-8-19(16)28(30)31/h2-13H,14H2,1H3. The van der Waals surface area contributed by atoms with Gasteiger partial charge in [-0.15, -0.1) is 10.2 Å². The van der Waals surface area contributed by atoms with Gasteiger partial charge in [0.05, 0.1) is 21.5 Å². The number of benzene rings is 3. The van der Waals surface area contributed by atoms with Crippen molar-refractivity contribution in [3.63, 3.8) is 0 Å². The molecule has 0 aliphatic carbocycles. The van der Waals surface area contributed by atoms with Gasteiger partial charge in [-0.25, -0.2) is 4.57 Å². The van der Waals surface area contributed by atoms with Crippen molar-refractivity contribution in [1.82, 2.24) is 19.2 Å². The molecule has 0 unspecified atom stereocenters. The van der Waals surface area contributed by atoms with E-state index in [9.17, 15) is 14.9 Å². The molecule has 3 aromatic carbocycles. The molecule has 9 heteroatoms. The van der Waals surface area contributed by atoms with E-state index in [0.29, 0.717) is 38.8 Å². The molecule has 0 saturated carbocycles. The van der Waals surface area contributed by atoms with Crippen LogP contribution in [0.1, 0.15) is 11.1 Å². The van der Waals surface area contributed by atoms with Gasteiger partial charge in [-0.05, 0) is 31.2 Å². The van der Waals surface area contributed by atoms with Crippen molar-refractivity contribution in [1.29, 1.82) is 0 Å². The van der Waals surface area contributed by atoms with Crippen LogP contribution in [0.25, 0.3) is 22.4 Å². The Kier molecular flexibility index (Phi) is 4.95. The molecule has 0 atom stereocenters. The van der Waals surface area contributed by atoms with Gasteiger partial charge in [0.25, 0.3) is 11.2 Å². The third-order valence-corrected chi connectivity index (χ3v) is 6.21. The fourth-order valence-corrected chi connectivity index (χ4v) is 4.59. The fraction of sp³-hybridized carbons (Fsp3) is 0.0870. The summed E-state index contributed by atoms with van der Waals surface area (Å²) in [6.45, 7) is 1.98. The zero-order valence-electron chi connectivity index (χ0n) is 17.0. The second-order valence-electron chi connectivity index (χ2n) is 7.29. The van der Waals surface area contributed by atoms with E-state index in [0.717, 1.165) is 5.56 Å². The zero-order valence-corrected chi connectivity index (χ0v) is 17.8. The third-order valence-electron chi connectivity index (χ3n) is 5.23. The Balaban J connectivity index is 1.69. The molecule has 32 heavy (non-hydrogen) atoms. The Morgan fingerprint density at radius 1 is 0.969 bits per heavy atom. The van der Waals surface area contributed by atoms with Gasteiger partial charge in [-0.2, -0.15) is 0 Å². The number of nitro benzene ring substituents is 1. The van der Waals surface area contributed by atoms with Crippen molar-refractivity contribution in [2.45, 2.75) is 17.8 Å². The SMILES string of the molecule is Cc1ccc(-n2c(=O)c3ccccc3n3c(SCc4ccccc4[N+](=O)[O-])nnc23)cc1. The van der Waals surface area contributed by atoms with Gasteiger partial charge >= 0.3 is 0 Å². The van der Waals surface area contributed by atoms with Gasteiger partial charge in [0.2, 0.25) is 5.78 Å². The molecule has 8 nitrogen and oxygen atoms in total. The Labute approximate surface area is 186 Å². The van der Waals surface area contributed by atoms with Gasteiger partial charge in [0.1, 0.15) is 0 Å². The van der Waals surface area contributed by atoms with E-state index in [-0.39, 0.29) is 16.2 Å². The number of hydrogen-bond donors (Lipinski definition) is 0. The number of para-hydroxylation sites is 2. The molecule has 0 saturated heterocycles. The van der Waals surface area contributed by atoms with Crippen molar-refractivity contribution >= 4 is 34.1 Å². The predicted molar refractivity (Wildman–Crippen MR) is 123 cm³/mol. The Bertz CT molecular complexity index is 1540. The van der Waals surface area contributed by atoms with Crippen LogP contribution in [0.15, 0.2) is 82.7 Å². The average Bonchev–Trinajstić information content (AvgIpc) is 3.23. The molecule has 0 fully saturated rings. The minimum Gasteiger partial charge on any atom is -0.268 e. The first-order chi connectivity index (χ1) is 15.5. The van der Waals surface area contributed by atoms with Crippen LogP contribution in [0.4, 0.5) is 5.69 Å². The summed E-state index contributed by atoms with van der Waals surface area (Å²) >= 11 is 1.34. The molecule has 0 spiro atoms. The molecule has 0 aliphatic rings. The molecule has 0 radical (unpaired) electrons. The molecule has 0 amide bonds. The van der Waals surface area contributed by atoms with E-state index < -0.39 is 0 Å². The number of fused-ring (bicyclic) bond motifs is 3. The number of hydrogen-bond acceptors (Lipinski definition) is 6. The van der Waals surface area contributed by atoms with Crippen LogP contribution < -0.4 is 5.56 Å². The van der Waals surface area contributed by atoms with Gasteiger partial charge in [0, 0.05) is 17.4 Å². The van der Waals surface area contributed by atoms with Gasteiger partial charge in [-0.3, -0.25) is 19.3 Å². The lowest BCUT2D eigenvalue weighted by atomic mass is 10.2. The van der Waals surface area contributed by atoms with Crippen molar-refractivity contribution in [2.75, 3.05) is 0 Å². The van der Waals surface area contributed by atoms with E-state index in [2.05, 4.69) is 10.2 Å². The van der Waals surface area contributed by atoms with Gasteiger partial charge in [0.15, 0.2) is 5.16 Å². The number of aryl methyl sites for hydroxylation is 1. The van der Waals surface area contributed by atoms with Crippen LogP contribution in [0.3, 0.4) is 0 Å². The van der Waals surface area contributed by atoms with Gasteiger partial charge in [-0.1, -0.05) is 59.8 Å². The maximum absolute atomic E-state index is 13.3. The zero-order chi connectivity index (χ0) is 22.2. The largest absolute Gasteiger partial charge is 0.273 e. The van der Waals surface area contributed by atoms with Crippen LogP contribution in [-0.2, 0) is 5.75 Å². The summed E-state index contributed by atoms with van der Waals surface area (Å²) in [5, 5.41) is 21.1. The summed E-state index contributed by atoms with van der Waals surface area (Å²) in [6, 6.07) is 21.6. The van der Waals surface area contributed by atoms with E-state index in [1.165, 1.54) is 17.8 Å². The van der Waals surface area contributed by atoms with Crippen LogP contribution in [0.5, 0.6) is 0 Å². The second kappa shape index (κ2) is 7.93. The van der Waals surface area contributed by atoms with Crippen LogP contribution in [-0.4, -0.2) is 24.1 Å². The highest BCUT2D eigenvalue weighted by molar-refractivity contribution is 7.98. The van der Waals surface area contributed by atoms with Gasteiger partial charge < -0.3 is 0 Å². The predicted octanol–water partition coefficient (Wildman–Crippen LogP) is 4.54. The molecule has 0 aliphatic heterocycles.